The molecule has 29 heavy (non-hydrogen) atoms. The van der Waals surface area contributed by atoms with Crippen LogP contribution in [-0.2, 0) is 16.0 Å². The molecule has 0 spiro atoms. The van der Waals surface area contributed by atoms with Gasteiger partial charge in [-0.2, -0.15) is 13.2 Å². The highest BCUT2D eigenvalue weighted by Crippen LogP contribution is 2.19. The summed E-state index contributed by atoms with van der Waals surface area (Å²) in [4.78, 5) is 27.5. The van der Waals surface area contributed by atoms with Gasteiger partial charge in [-0.1, -0.05) is 42.5 Å². The zero-order valence-electron chi connectivity index (χ0n) is 16.0. The molecule has 8 heteroatoms. The molecule has 2 aromatic carbocycles. The van der Waals surface area contributed by atoms with Gasteiger partial charge in [0, 0.05) is 26.2 Å². The molecule has 1 saturated heterocycles. The van der Waals surface area contributed by atoms with Gasteiger partial charge in [-0.15, -0.1) is 0 Å². The molecule has 0 unspecified atom stereocenters. The summed E-state index contributed by atoms with van der Waals surface area (Å²) in [7, 11) is 0. The molecule has 3 rings (SSSR count). The van der Waals surface area contributed by atoms with Gasteiger partial charge >= 0.3 is 6.18 Å². The Hall–Kier alpha value is -2.61. The lowest BCUT2D eigenvalue weighted by molar-refractivity contribution is -0.145. The summed E-state index contributed by atoms with van der Waals surface area (Å²) in [6, 6.07) is 13.5. The minimum absolute atomic E-state index is 0.150. The molecule has 0 atom stereocenters. The second-order valence-corrected chi connectivity index (χ2v) is 7.22. The zero-order valence-corrected chi connectivity index (χ0v) is 16.0. The molecule has 2 aromatic rings. The maximum absolute atomic E-state index is 12.5. The van der Waals surface area contributed by atoms with Crippen LogP contribution >= 0.6 is 0 Å². The number of rotatable bonds is 5. The smallest absolute Gasteiger partial charge is 0.347 e. The van der Waals surface area contributed by atoms with E-state index in [-0.39, 0.29) is 37.9 Å². The Labute approximate surface area is 167 Å². The first-order valence-corrected chi connectivity index (χ1v) is 9.62. The standard InChI is InChI=1S/C21H24F3N3O2/c22-21(23,24)15-26-9-4-10-27(12-11-26)20(29)14-25-19(28)13-17-7-3-6-16-5-1-2-8-18(16)17/h1-3,5-8H,4,9-15H2,(H,25,28). The highest BCUT2D eigenvalue weighted by Gasteiger charge is 2.31. The van der Waals surface area contributed by atoms with Crippen molar-refractivity contribution in [2.75, 3.05) is 39.3 Å². The minimum Gasteiger partial charge on any atom is -0.347 e. The molecule has 0 bridgehead atoms. The summed E-state index contributed by atoms with van der Waals surface area (Å²) < 4.78 is 37.6. The number of hydrogen-bond donors (Lipinski definition) is 1. The molecule has 0 aliphatic carbocycles. The Kier molecular flexibility index (Phi) is 6.74. The number of fused-ring (bicyclic) bond motifs is 1. The largest absolute Gasteiger partial charge is 0.401 e. The van der Waals surface area contributed by atoms with E-state index in [0.29, 0.717) is 19.5 Å². The fraction of sp³-hybridized carbons (Fsp3) is 0.429. The number of halogens is 3. The molecule has 0 aromatic heterocycles. The predicted octanol–water partition coefficient (Wildman–Crippen LogP) is 2.60. The van der Waals surface area contributed by atoms with Gasteiger partial charge in [0.2, 0.25) is 11.8 Å². The van der Waals surface area contributed by atoms with Crippen molar-refractivity contribution in [1.82, 2.24) is 15.1 Å². The Morgan fingerprint density at radius 3 is 2.52 bits per heavy atom. The molecular formula is C21H24F3N3O2. The molecule has 156 valence electrons. The first kappa shape index (κ1) is 21.1. The summed E-state index contributed by atoms with van der Waals surface area (Å²) in [5.41, 5.74) is 0.880. The molecule has 1 N–H and O–H groups in total. The first-order chi connectivity index (χ1) is 13.8. The maximum atomic E-state index is 12.5. The highest BCUT2D eigenvalue weighted by molar-refractivity contribution is 5.91. The van der Waals surface area contributed by atoms with Gasteiger partial charge in [-0.25, -0.2) is 0 Å². The van der Waals surface area contributed by atoms with E-state index in [1.807, 2.05) is 42.5 Å². The monoisotopic (exact) mass is 407 g/mol. The SMILES string of the molecule is O=C(Cc1cccc2ccccc12)NCC(=O)N1CCCN(CC(F)(F)F)CC1. The van der Waals surface area contributed by atoms with Crippen LogP contribution in [0.15, 0.2) is 42.5 Å². The summed E-state index contributed by atoms with van der Waals surface area (Å²) >= 11 is 0. The van der Waals surface area contributed by atoms with Crippen molar-refractivity contribution >= 4 is 22.6 Å². The number of hydrogen-bond acceptors (Lipinski definition) is 3. The van der Waals surface area contributed by atoms with Gasteiger partial charge in [0.1, 0.15) is 0 Å². The van der Waals surface area contributed by atoms with E-state index in [1.54, 1.807) is 0 Å². The summed E-state index contributed by atoms with van der Waals surface area (Å²) in [5, 5.41) is 4.68. The Bertz CT molecular complexity index is 864. The molecule has 1 fully saturated rings. The molecule has 1 aliphatic rings. The first-order valence-electron chi connectivity index (χ1n) is 9.62. The van der Waals surface area contributed by atoms with Crippen LogP contribution in [0, 0.1) is 0 Å². The lowest BCUT2D eigenvalue weighted by Gasteiger charge is -2.23. The van der Waals surface area contributed by atoms with Crippen molar-refractivity contribution in [3.8, 4) is 0 Å². The van der Waals surface area contributed by atoms with Crippen LogP contribution in [0.1, 0.15) is 12.0 Å². The third kappa shape index (κ3) is 6.19. The third-order valence-corrected chi connectivity index (χ3v) is 5.01. The number of alkyl halides is 3. The molecule has 1 heterocycles. The van der Waals surface area contributed by atoms with E-state index in [1.165, 1.54) is 9.80 Å². The Morgan fingerprint density at radius 2 is 1.72 bits per heavy atom. The van der Waals surface area contributed by atoms with Gasteiger partial charge in [-0.3, -0.25) is 14.5 Å². The van der Waals surface area contributed by atoms with Crippen LogP contribution < -0.4 is 5.32 Å². The fourth-order valence-corrected chi connectivity index (χ4v) is 3.60. The van der Waals surface area contributed by atoms with Crippen molar-refractivity contribution in [1.29, 1.82) is 0 Å². The number of nitrogens with zero attached hydrogens (tertiary/aromatic N) is 2. The van der Waals surface area contributed by atoms with E-state index in [9.17, 15) is 22.8 Å². The average Bonchev–Trinajstić information content (AvgIpc) is 2.90. The molecule has 5 nitrogen and oxygen atoms in total. The number of carbonyl (C=O) groups excluding carboxylic acids is 2. The quantitative estimate of drug-likeness (QED) is 0.829. The van der Waals surface area contributed by atoms with E-state index >= 15 is 0 Å². The Morgan fingerprint density at radius 1 is 0.966 bits per heavy atom. The van der Waals surface area contributed by atoms with Gasteiger partial charge in [-0.05, 0) is 22.8 Å². The van der Waals surface area contributed by atoms with Crippen molar-refractivity contribution in [3.63, 3.8) is 0 Å². The normalized spacial score (nSPS) is 15.9. The van der Waals surface area contributed by atoms with Crippen molar-refractivity contribution in [3.05, 3.63) is 48.0 Å². The van der Waals surface area contributed by atoms with Crippen LogP contribution in [-0.4, -0.2) is 67.1 Å². The summed E-state index contributed by atoms with van der Waals surface area (Å²) in [6.45, 7) is -0.00785. The number of benzene rings is 2. The van der Waals surface area contributed by atoms with Crippen LogP contribution in [0.25, 0.3) is 10.8 Å². The molecule has 0 radical (unpaired) electrons. The van der Waals surface area contributed by atoms with E-state index in [4.69, 9.17) is 0 Å². The van der Waals surface area contributed by atoms with Gasteiger partial charge < -0.3 is 10.2 Å². The number of amides is 2. The van der Waals surface area contributed by atoms with Gasteiger partial charge in [0.25, 0.3) is 0 Å². The molecule has 0 saturated carbocycles. The average molecular weight is 407 g/mol. The third-order valence-electron chi connectivity index (χ3n) is 5.01. The lowest BCUT2D eigenvalue weighted by atomic mass is 10.0. The van der Waals surface area contributed by atoms with Crippen LogP contribution in [0.5, 0.6) is 0 Å². The minimum atomic E-state index is -4.24. The van der Waals surface area contributed by atoms with Gasteiger partial charge in [0.05, 0.1) is 19.5 Å². The second kappa shape index (κ2) is 9.26. The summed E-state index contributed by atoms with van der Waals surface area (Å²) in [6.07, 6.45) is -3.60. The molecule has 1 aliphatic heterocycles. The Balaban J connectivity index is 1.49. The number of carbonyl (C=O) groups is 2. The van der Waals surface area contributed by atoms with Crippen LogP contribution in [0.4, 0.5) is 13.2 Å². The van der Waals surface area contributed by atoms with Crippen molar-refractivity contribution in [2.24, 2.45) is 0 Å². The van der Waals surface area contributed by atoms with E-state index < -0.39 is 12.7 Å². The highest BCUT2D eigenvalue weighted by atomic mass is 19.4. The van der Waals surface area contributed by atoms with E-state index in [2.05, 4.69) is 5.32 Å². The summed E-state index contributed by atoms with van der Waals surface area (Å²) in [5.74, 6) is -0.534. The van der Waals surface area contributed by atoms with Crippen LogP contribution in [0.3, 0.4) is 0 Å². The number of nitrogens with one attached hydrogen (secondary N) is 1. The second-order valence-electron chi connectivity index (χ2n) is 7.22. The maximum Gasteiger partial charge on any atom is 0.401 e. The van der Waals surface area contributed by atoms with E-state index in [0.717, 1.165) is 16.3 Å². The predicted molar refractivity (Wildman–Crippen MR) is 104 cm³/mol. The topological polar surface area (TPSA) is 52.7 Å². The van der Waals surface area contributed by atoms with Gasteiger partial charge in [0.15, 0.2) is 0 Å². The van der Waals surface area contributed by atoms with Crippen LogP contribution in [0.2, 0.25) is 0 Å². The molecule has 2 amide bonds. The van der Waals surface area contributed by atoms with Crippen molar-refractivity contribution < 1.29 is 22.8 Å². The molecular weight excluding hydrogens is 383 g/mol. The zero-order chi connectivity index (χ0) is 20.9. The van der Waals surface area contributed by atoms with Crippen molar-refractivity contribution in [2.45, 2.75) is 19.0 Å². The lowest BCUT2D eigenvalue weighted by Crippen LogP contribution is -2.43. The fourth-order valence-electron chi connectivity index (χ4n) is 3.60.